The lowest BCUT2D eigenvalue weighted by Gasteiger charge is -2.10. The lowest BCUT2D eigenvalue weighted by atomic mass is 10.1. The molecule has 0 spiro atoms. The first-order valence-corrected chi connectivity index (χ1v) is 5.70. The zero-order valence-corrected chi connectivity index (χ0v) is 10.0. The Labute approximate surface area is 104 Å². The summed E-state index contributed by atoms with van der Waals surface area (Å²) >= 11 is 4.92. The molecule has 0 saturated carbocycles. The highest BCUT2D eigenvalue weighted by atomic mass is 32.1. The van der Waals surface area contributed by atoms with E-state index in [1.807, 2.05) is 35.0 Å². The van der Waals surface area contributed by atoms with Crippen LogP contribution in [-0.2, 0) is 6.54 Å². The van der Waals surface area contributed by atoms with E-state index in [1.165, 1.54) is 0 Å². The second-order valence-corrected chi connectivity index (χ2v) is 4.38. The summed E-state index contributed by atoms with van der Waals surface area (Å²) in [7, 11) is 0. The van der Waals surface area contributed by atoms with Crippen molar-refractivity contribution in [2.24, 2.45) is 5.73 Å². The number of hydrogen-bond donors (Lipinski definition) is 3. The number of aliphatic hydroxyl groups is 2. The topological polar surface area (TPSA) is 71.4 Å². The van der Waals surface area contributed by atoms with Gasteiger partial charge in [-0.3, -0.25) is 0 Å². The van der Waals surface area contributed by atoms with Crippen molar-refractivity contribution in [2.75, 3.05) is 6.61 Å². The predicted molar refractivity (Wildman–Crippen MR) is 70.9 cm³/mol. The van der Waals surface area contributed by atoms with Crippen LogP contribution < -0.4 is 5.73 Å². The van der Waals surface area contributed by atoms with Crippen LogP contribution in [-0.4, -0.2) is 32.5 Å². The fraction of sp³-hybridized carbons (Fsp3) is 0.250. The third-order valence-corrected chi connectivity index (χ3v) is 2.91. The van der Waals surface area contributed by atoms with Crippen LogP contribution in [0.2, 0.25) is 0 Å². The Balaban J connectivity index is 2.38. The number of aromatic nitrogens is 1. The predicted octanol–water partition coefficient (Wildman–Crippen LogP) is 0.629. The molecule has 4 nitrogen and oxygen atoms in total. The van der Waals surface area contributed by atoms with Crippen LogP contribution in [0.4, 0.5) is 0 Å². The van der Waals surface area contributed by atoms with Crippen LogP contribution >= 0.6 is 12.2 Å². The van der Waals surface area contributed by atoms with Crippen molar-refractivity contribution < 1.29 is 10.2 Å². The molecule has 0 aliphatic rings. The molecule has 0 fully saturated rings. The summed E-state index contributed by atoms with van der Waals surface area (Å²) < 4.78 is 1.89. The van der Waals surface area contributed by atoms with Crippen LogP contribution in [0.3, 0.4) is 0 Å². The Hall–Kier alpha value is -1.43. The second kappa shape index (κ2) is 4.83. The summed E-state index contributed by atoms with van der Waals surface area (Å²) in [4.78, 5) is 0.370. The summed E-state index contributed by atoms with van der Waals surface area (Å²) in [6, 6.07) is 7.61. The maximum atomic E-state index is 9.42. The van der Waals surface area contributed by atoms with Crippen LogP contribution in [0.1, 0.15) is 5.56 Å². The molecule has 4 N–H and O–H groups in total. The Morgan fingerprint density at radius 1 is 1.41 bits per heavy atom. The highest BCUT2D eigenvalue weighted by Crippen LogP contribution is 2.18. The summed E-state index contributed by atoms with van der Waals surface area (Å²) in [5.41, 5.74) is 7.38. The molecule has 2 aromatic rings. The molecule has 90 valence electrons. The number of hydrogen-bond acceptors (Lipinski definition) is 3. The van der Waals surface area contributed by atoms with Gasteiger partial charge in [-0.1, -0.05) is 12.2 Å². The number of rotatable bonds is 4. The van der Waals surface area contributed by atoms with Gasteiger partial charge in [0.2, 0.25) is 0 Å². The molecule has 1 heterocycles. The molecule has 5 heteroatoms. The molecule has 1 aromatic heterocycles. The van der Waals surface area contributed by atoms with Gasteiger partial charge in [0, 0.05) is 22.7 Å². The van der Waals surface area contributed by atoms with Crippen molar-refractivity contribution in [3.8, 4) is 0 Å². The fourth-order valence-corrected chi connectivity index (χ4v) is 1.92. The van der Waals surface area contributed by atoms with E-state index in [1.54, 1.807) is 0 Å². The first-order chi connectivity index (χ1) is 8.11. The van der Waals surface area contributed by atoms with Crippen molar-refractivity contribution in [1.82, 2.24) is 4.57 Å². The average molecular weight is 250 g/mol. The van der Waals surface area contributed by atoms with Gasteiger partial charge in [-0.05, 0) is 24.3 Å². The molecule has 0 saturated heterocycles. The van der Waals surface area contributed by atoms with E-state index in [2.05, 4.69) is 0 Å². The molecular weight excluding hydrogens is 236 g/mol. The van der Waals surface area contributed by atoms with Gasteiger partial charge in [0.05, 0.1) is 19.3 Å². The maximum Gasteiger partial charge on any atom is 0.104 e. The van der Waals surface area contributed by atoms with E-state index in [0.29, 0.717) is 11.5 Å². The molecule has 1 aromatic carbocycles. The summed E-state index contributed by atoms with van der Waals surface area (Å²) in [5.74, 6) is 0. The van der Waals surface area contributed by atoms with Crippen molar-refractivity contribution in [3.63, 3.8) is 0 Å². The first-order valence-electron chi connectivity index (χ1n) is 5.29. The molecular formula is C12H14N2O2S. The minimum Gasteiger partial charge on any atom is -0.394 e. The second-order valence-electron chi connectivity index (χ2n) is 3.94. The minimum atomic E-state index is -0.749. The van der Waals surface area contributed by atoms with Crippen LogP contribution in [0.15, 0.2) is 30.5 Å². The van der Waals surface area contributed by atoms with E-state index in [4.69, 9.17) is 23.1 Å². The van der Waals surface area contributed by atoms with Crippen molar-refractivity contribution >= 4 is 28.1 Å². The van der Waals surface area contributed by atoms with Gasteiger partial charge >= 0.3 is 0 Å². The normalized spacial score (nSPS) is 12.8. The molecule has 1 unspecified atom stereocenters. The van der Waals surface area contributed by atoms with Crippen LogP contribution in [0, 0.1) is 0 Å². The Kier molecular flexibility index (Phi) is 3.42. The van der Waals surface area contributed by atoms with E-state index >= 15 is 0 Å². The fourth-order valence-electron chi connectivity index (χ4n) is 1.80. The van der Waals surface area contributed by atoms with E-state index in [9.17, 15) is 5.11 Å². The van der Waals surface area contributed by atoms with Gasteiger partial charge in [0.15, 0.2) is 0 Å². The largest absolute Gasteiger partial charge is 0.394 e. The molecule has 17 heavy (non-hydrogen) atoms. The minimum absolute atomic E-state index is 0.245. The Morgan fingerprint density at radius 3 is 2.82 bits per heavy atom. The zero-order chi connectivity index (χ0) is 12.4. The average Bonchev–Trinajstić information content (AvgIpc) is 2.71. The molecule has 0 aliphatic heterocycles. The molecule has 1 atom stereocenters. The van der Waals surface area contributed by atoms with Crippen LogP contribution in [0.5, 0.6) is 0 Å². The monoisotopic (exact) mass is 250 g/mol. The molecule has 0 bridgehead atoms. The van der Waals surface area contributed by atoms with Gasteiger partial charge in [-0.25, -0.2) is 0 Å². The van der Waals surface area contributed by atoms with Crippen molar-refractivity contribution in [2.45, 2.75) is 12.6 Å². The first kappa shape index (κ1) is 12.0. The van der Waals surface area contributed by atoms with E-state index < -0.39 is 6.10 Å². The quantitative estimate of drug-likeness (QED) is 0.696. The molecule has 0 amide bonds. The number of benzene rings is 1. The standard InChI is InChI=1S/C12H14N2O2S/c13-12(17)9-1-2-11-8(5-9)3-4-14(11)6-10(16)7-15/h1-5,10,15-16H,6-7H2,(H2,13,17). The zero-order valence-electron chi connectivity index (χ0n) is 9.21. The van der Waals surface area contributed by atoms with Gasteiger partial charge < -0.3 is 20.5 Å². The lowest BCUT2D eigenvalue weighted by Crippen LogP contribution is -2.19. The van der Waals surface area contributed by atoms with Gasteiger partial charge in [-0.2, -0.15) is 0 Å². The summed E-state index contributed by atoms with van der Waals surface area (Å²) in [6.07, 6.45) is 1.12. The van der Waals surface area contributed by atoms with Crippen molar-refractivity contribution in [1.29, 1.82) is 0 Å². The number of nitrogens with two attached hydrogens (primary N) is 1. The van der Waals surface area contributed by atoms with Crippen LogP contribution in [0.25, 0.3) is 10.9 Å². The summed E-state index contributed by atoms with van der Waals surface area (Å²) in [6.45, 7) is 0.122. The maximum absolute atomic E-state index is 9.42. The number of fused-ring (bicyclic) bond motifs is 1. The molecule has 0 radical (unpaired) electrons. The van der Waals surface area contributed by atoms with E-state index in [0.717, 1.165) is 16.5 Å². The van der Waals surface area contributed by atoms with Gasteiger partial charge in [0.25, 0.3) is 0 Å². The third-order valence-electron chi connectivity index (χ3n) is 2.67. The number of nitrogens with zero attached hydrogens (tertiary/aromatic N) is 1. The van der Waals surface area contributed by atoms with Crippen molar-refractivity contribution in [3.05, 3.63) is 36.0 Å². The highest BCUT2D eigenvalue weighted by Gasteiger charge is 2.07. The molecule has 2 rings (SSSR count). The third kappa shape index (κ3) is 2.46. The van der Waals surface area contributed by atoms with E-state index in [-0.39, 0.29) is 6.61 Å². The Bertz CT molecular complexity index is 550. The highest BCUT2D eigenvalue weighted by molar-refractivity contribution is 7.80. The smallest absolute Gasteiger partial charge is 0.104 e. The SMILES string of the molecule is NC(=S)c1ccc2c(ccn2CC(O)CO)c1. The Morgan fingerprint density at radius 2 is 2.18 bits per heavy atom. The number of thiocarbonyl (C=S) groups is 1. The van der Waals surface area contributed by atoms with Gasteiger partial charge in [-0.15, -0.1) is 0 Å². The number of aliphatic hydroxyl groups excluding tert-OH is 2. The summed E-state index contributed by atoms with van der Waals surface area (Å²) in [5, 5.41) is 19.3. The molecule has 0 aliphatic carbocycles. The van der Waals surface area contributed by atoms with Gasteiger partial charge in [0.1, 0.15) is 4.99 Å². The lowest BCUT2D eigenvalue weighted by molar-refractivity contribution is 0.0822.